The molecule has 4 rings (SSSR count). The molecule has 4 nitrogen and oxygen atoms in total. The Bertz CT molecular complexity index is 1000. The van der Waals surface area contributed by atoms with E-state index >= 15 is 0 Å². The molecule has 0 spiro atoms. The lowest BCUT2D eigenvalue weighted by molar-refractivity contribution is 0.824. The van der Waals surface area contributed by atoms with Crippen LogP contribution in [0.2, 0.25) is 0 Å². The fourth-order valence-corrected chi connectivity index (χ4v) is 3.08. The molecule has 4 aromatic rings. The Morgan fingerprint density at radius 1 is 0.923 bits per heavy atom. The fraction of sp³-hybridized carbons (Fsp3) is 0.182. The third kappa shape index (κ3) is 3.31. The summed E-state index contributed by atoms with van der Waals surface area (Å²) in [6.07, 6.45) is 3.71. The van der Waals surface area contributed by atoms with Crippen molar-refractivity contribution >= 4 is 22.5 Å². The smallest absolute Gasteiger partial charge is 0.158 e. The van der Waals surface area contributed by atoms with Crippen LogP contribution in [-0.4, -0.2) is 14.5 Å². The van der Waals surface area contributed by atoms with E-state index in [1.807, 2.05) is 24.7 Å². The SMILES string of the molecule is CC(C)c1ccc(Nc2nccc3c2ncn3Cc2ccccc2)cc1. The first kappa shape index (κ1) is 16.3. The van der Waals surface area contributed by atoms with E-state index in [1.54, 1.807) is 0 Å². The molecular formula is C22H22N4. The van der Waals surface area contributed by atoms with Gasteiger partial charge in [-0.3, -0.25) is 0 Å². The molecule has 0 aliphatic carbocycles. The molecule has 0 amide bonds. The standard InChI is InChI=1S/C22H22N4/c1-16(2)18-8-10-19(11-9-18)25-22-21-20(12-13-23-22)26(15-24-21)14-17-6-4-3-5-7-17/h3-13,15-16H,14H2,1-2H3,(H,23,25). The highest BCUT2D eigenvalue weighted by Gasteiger charge is 2.09. The maximum absolute atomic E-state index is 4.59. The van der Waals surface area contributed by atoms with E-state index in [-0.39, 0.29) is 0 Å². The van der Waals surface area contributed by atoms with E-state index in [1.165, 1.54) is 11.1 Å². The lowest BCUT2D eigenvalue weighted by Crippen LogP contribution is -1.99. The zero-order chi connectivity index (χ0) is 17.9. The van der Waals surface area contributed by atoms with Crippen molar-refractivity contribution < 1.29 is 0 Å². The van der Waals surface area contributed by atoms with Crippen LogP contribution in [0.4, 0.5) is 11.5 Å². The number of imidazole rings is 1. The third-order valence-corrected chi connectivity index (χ3v) is 4.57. The molecule has 1 N–H and O–H groups in total. The molecular weight excluding hydrogens is 320 g/mol. The van der Waals surface area contributed by atoms with Gasteiger partial charge >= 0.3 is 0 Å². The second-order valence-corrected chi connectivity index (χ2v) is 6.79. The van der Waals surface area contributed by atoms with Gasteiger partial charge < -0.3 is 9.88 Å². The van der Waals surface area contributed by atoms with Crippen LogP contribution < -0.4 is 5.32 Å². The Morgan fingerprint density at radius 3 is 2.42 bits per heavy atom. The number of pyridine rings is 1. The molecule has 2 aromatic carbocycles. The van der Waals surface area contributed by atoms with Gasteiger partial charge in [-0.15, -0.1) is 0 Å². The summed E-state index contributed by atoms with van der Waals surface area (Å²) in [6.45, 7) is 5.19. The van der Waals surface area contributed by atoms with Gasteiger partial charge in [-0.2, -0.15) is 0 Å². The third-order valence-electron chi connectivity index (χ3n) is 4.57. The number of hydrogen-bond acceptors (Lipinski definition) is 3. The lowest BCUT2D eigenvalue weighted by Gasteiger charge is -2.09. The molecule has 0 saturated heterocycles. The normalized spacial score (nSPS) is 11.2. The summed E-state index contributed by atoms with van der Waals surface area (Å²) < 4.78 is 2.15. The van der Waals surface area contributed by atoms with Crippen LogP contribution in [0.5, 0.6) is 0 Å². The minimum absolute atomic E-state index is 0.527. The molecule has 0 atom stereocenters. The molecule has 2 heterocycles. The average molecular weight is 342 g/mol. The largest absolute Gasteiger partial charge is 0.338 e. The predicted octanol–water partition coefficient (Wildman–Crippen LogP) is 5.35. The first-order valence-electron chi connectivity index (χ1n) is 8.91. The zero-order valence-electron chi connectivity index (χ0n) is 15.1. The average Bonchev–Trinajstić information content (AvgIpc) is 3.07. The van der Waals surface area contributed by atoms with Gasteiger partial charge in [-0.05, 0) is 35.2 Å². The van der Waals surface area contributed by atoms with Crippen molar-refractivity contribution in [3.05, 3.63) is 84.3 Å². The summed E-state index contributed by atoms with van der Waals surface area (Å²) in [5.74, 6) is 1.31. The minimum Gasteiger partial charge on any atom is -0.338 e. The number of hydrogen-bond donors (Lipinski definition) is 1. The van der Waals surface area contributed by atoms with Crippen LogP contribution >= 0.6 is 0 Å². The number of benzene rings is 2. The maximum atomic E-state index is 4.59. The van der Waals surface area contributed by atoms with Gasteiger partial charge in [0.2, 0.25) is 0 Å². The molecule has 130 valence electrons. The van der Waals surface area contributed by atoms with E-state index in [0.717, 1.165) is 29.1 Å². The van der Waals surface area contributed by atoms with Crippen LogP contribution in [0.3, 0.4) is 0 Å². The summed E-state index contributed by atoms with van der Waals surface area (Å²) >= 11 is 0. The van der Waals surface area contributed by atoms with Crippen molar-refractivity contribution in [1.82, 2.24) is 14.5 Å². The molecule has 0 radical (unpaired) electrons. The van der Waals surface area contributed by atoms with Crippen LogP contribution in [0.1, 0.15) is 30.9 Å². The summed E-state index contributed by atoms with van der Waals surface area (Å²) in [7, 11) is 0. The van der Waals surface area contributed by atoms with Crippen molar-refractivity contribution in [3.8, 4) is 0 Å². The van der Waals surface area contributed by atoms with Gasteiger partial charge in [-0.1, -0.05) is 56.3 Å². The minimum atomic E-state index is 0.527. The molecule has 0 fully saturated rings. The predicted molar refractivity (Wildman–Crippen MR) is 107 cm³/mol. The zero-order valence-corrected chi connectivity index (χ0v) is 15.1. The first-order valence-corrected chi connectivity index (χ1v) is 8.91. The topological polar surface area (TPSA) is 42.7 Å². The van der Waals surface area contributed by atoms with Gasteiger partial charge in [0.05, 0.1) is 11.8 Å². The highest BCUT2D eigenvalue weighted by atomic mass is 15.1. The monoisotopic (exact) mass is 342 g/mol. The summed E-state index contributed by atoms with van der Waals surface area (Å²) in [5.41, 5.74) is 5.56. The first-order chi connectivity index (χ1) is 12.7. The molecule has 2 aromatic heterocycles. The van der Waals surface area contributed by atoms with Crippen molar-refractivity contribution in [2.24, 2.45) is 0 Å². The number of anilines is 2. The molecule has 0 aliphatic heterocycles. The van der Waals surface area contributed by atoms with Crippen LogP contribution in [-0.2, 0) is 6.54 Å². The van der Waals surface area contributed by atoms with Gasteiger partial charge in [0, 0.05) is 18.4 Å². The van der Waals surface area contributed by atoms with Crippen molar-refractivity contribution in [2.75, 3.05) is 5.32 Å². The van der Waals surface area contributed by atoms with Gasteiger partial charge in [0.1, 0.15) is 5.52 Å². The Balaban J connectivity index is 1.62. The van der Waals surface area contributed by atoms with Crippen molar-refractivity contribution in [3.63, 3.8) is 0 Å². The van der Waals surface area contributed by atoms with E-state index in [0.29, 0.717) is 5.92 Å². The van der Waals surface area contributed by atoms with Crippen LogP contribution in [0.25, 0.3) is 11.0 Å². The second-order valence-electron chi connectivity index (χ2n) is 6.79. The molecule has 4 heteroatoms. The van der Waals surface area contributed by atoms with Crippen LogP contribution in [0, 0.1) is 0 Å². The van der Waals surface area contributed by atoms with E-state index in [4.69, 9.17) is 0 Å². The highest BCUT2D eigenvalue weighted by Crippen LogP contribution is 2.25. The molecule has 0 unspecified atom stereocenters. The van der Waals surface area contributed by atoms with Gasteiger partial charge in [-0.25, -0.2) is 9.97 Å². The summed E-state index contributed by atoms with van der Waals surface area (Å²) in [6, 6.07) is 20.9. The van der Waals surface area contributed by atoms with E-state index in [2.05, 4.69) is 82.2 Å². The molecule has 0 aliphatic rings. The number of rotatable bonds is 5. The maximum Gasteiger partial charge on any atom is 0.158 e. The Kier molecular flexibility index (Phi) is 4.40. The molecule has 0 saturated carbocycles. The summed E-state index contributed by atoms with van der Waals surface area (Å²) in [5, 5.41) is 3.40. The Hall–Kier alpha value is -3.14. The quantitative estimate of drug-likeness (QED) is 0.532. The summed E-state index contributed by atoms with van der Waals surface area (Å²) in [4.78, 5) is 9.09. The van der Waals surface area contributed by atoms with Crippen molar-refractivity contribution in [2.45, 2.75) is 26.3 Å². The van der Waals surface area contributed by atoms with Gasteiger partial charge in [0.25, 0.3) is 0 Å². The van der Waals surface area contributed by atoms with E-state index in [9.17, 15) is 0 Å². The Labute approximate surface area is 153 Å². The number of fused-ring (bicyclic) bond motifs is 1. The van der Waals surface area contributed by atoms with Crippen molar-refractivity contribution in [1.29, 1.82) is 0 Å². The second kappa shape index (κ2) is 7.00. The van der Waals surface area contributed by atoms with Gasteiger partial charge in [0.15, 0.2) is 5.82 Å². The number of nitrogens with one attached hydrogen (secondary N) is 1. The highest BCUT2D eigenvalue weighted by molar-refractivity contribution is 5.87. The number of nitrogens with zero attached hydrogens (tertiary/aromatic N) is 3. The lowest BCUT2D eigenvalue weighted by atomic mass is 10.0. The van der Waals surface area contributed by atoms with E-state index < -0.39 is 0 Å². The van der Waals surface area contributed by atoms with Crippen LogP contribution in [0.15, 0.2) is 73.2 Å². The Morgan fingerprint density at radius 2 is 1.69 bits per heavy atom. The molecule has 26 heavy (non-hydrogen) atoms. The fourth-order valence-electron chi connectivity index (χ4n) is 3.08. The number of aromatic nitrogens is 3. The molecule has 0 bridgehead atoms.